The van der Waals surface area contributed by atoms with E-state index in [4.69, 9.17) is 9.47 Å². The number of carbonyl (C=O) groups excluding carboxylic acids is 1. The second-order valence-electron chi connectivity index (χ2n) is 7.03. The van der Waals surface area contributed by atoms with Crippen molar-refractivity contribution in [3.63, 3.8) is 0 Å². The van der Waals surface area contributed by atoms with Crippen molar-refractivity contribution in [2.75, 3.05) is 0 Å². The van der Waals surface area contributed by atoms with Gasteiger partial charge >= 0.3 is 6.16 Å². The van der Waals surface area contributed by atoms with Crippen LogP contribution in [0, 0.1) is 0 Å². The zero-order valence-corrected chi connectivity index (χ0v) is 17.7. The van der Waals surface area contributed by atoms with E-state index in [9.17, 15) is 4.79 Å². The predicted octanol–water partition coefficient (Wildman–Crippen LogP) is 5.26. The van der Waals surface area contributed by atoms with Crippen molar-refractivity contribution < 1.29 is 14.3 Å². The van der Waals surface area contributed by atoms with Crippen molar-refractivity contribution in [3.8, 4) is 0 Å². The van der Waals surface area contributed by atoms with Crippen LogP contribution in [0.1, 0.15) is 29.2 Å². The lowest BCUT2D eigenvalue weighted by Gasteiger charge is -2.15. The topological polar surface area (TPSA) is 56.6 Å². The number of allylic oxidation sites excluding steroid dienone is 1. The molecule has 0 aliphatic heterocycles. The first-order valence-corrected chi connectivity index (χ1v) is 10.1. The molecule has 3 rings (SSSR count). The van der Waals surface area contributed by atoms with Crippen molar-refractivity contribution >= 4 is 6.16 Å². The minimum atomic E-state index is -0.683. The molecular formula is C25H27N3O3. The number of rotatable bonds is 10. The summed E-state index contributed by atoms with van der Waals surface area (Å²) in [6.07, 6.45) is 10.5. The second-order valence-corrected chi connectivity index (χ2v) is 7.03. The number of benzene rings is 2. The third-order valence-corrected chi connectivity index (χ3v) is 4.62. The van der Waals surface area contributed by atoms with Crippen LogP contribution in [-0.2, 0) is 35.8 Å². The second kappa shape index (κ2) is 11.4. The van der Waals surface area contributed by atoms with Crippen LogP contribution in [0.2, 0.25) is 0 Å². The molecular weight excluding hydrogens is 390 g/mol. The molecule has 1 heterocycles. The number of aromatic nitrogens is 2. The van der Waals surface area contributed by atoms with Gasteiger partial charge in [-0.05, 0) is 41.6 Å². The summed E-state index contributed by atoms with van der Waals surface area (Å²) in [5, 5.41) is 0. The molecule has 6 heteroatoms. The van der Waals surface area contributed by atoms with Gasteiger partial charge in [0.15, 0.2) is 0 Å². The van der Waals surface area contributed by atoms with Crippen molar-refractivity contribution in [2.45, 2.75) is 33.2 Å². The maximum Gasteiger partial charge on any atom is 0.508 e. The van der Waals surface area contributed by atoms with Crippen molar-refractivity contribution in [1.82, 2.24) is 14.5 Å². The number of carbonyl (C=O) groups is 1. The summed E-state index contributed by atoms with van der Waals surface area (Å²) in [5.74, 6) is 0. The van der Waals surface area contributed by atoms with Gasteiger partial charge < -0.3 is 18.9 Å². The molecule has 6 nitrogen and oxygen atoms in total. The number of nitrogens with zero attached hydrogens (tertiary/aromatic N) is 3. The summed E-state index contributed by atoms with van der Waals surface area (Å²) >= 11 is 0. The first-order valence-electron chi connectivity index (χ1n) is 10.1. The van der Waals surface area contributed by atoms with Crippen LogP contribution < -0.4 is 0 Å². The van der Waals surface area contributed by atoms with Gasteiger partial charge in [-0.2, -0.15) is 0 Å². The van der Waals surface area contributed by atoms with Gasteiger partial charge in [0, 0.05) is 25.5 Å². The average molecular weight is 418 g/mol. The lowest BCUT2D eigenvalue weighted by molar-refractivity contribution is 0.0446. The fourth-order valence-corrected chi connectivity index (χ4v) is 2.98. The molecule has 0 atom stereocenters. The average Bonchev–Trinajstić information content (AvgIpc) is 3.31. The van der Waals surface area contributed by atoms with E-state index in [2.05, 4.69) is 11.6 Å². The SMILES string of the molecule is C=CN(/C=C\C)Cc1ccc(COC(=O)OCc2ccc(Cn3ccnc3)cc2)cc1. The molecule has 1 aromatic heterocycles. The Morgan fingerprint density at radius 2 is 1.58 bits per heavy atom. The molecule has 0 fully saturated rings. The van der Waals surface area contributed by atoms with Crippen LogP contribution in [-0.4, -0.2) is 20.6 Å². The van der Waals surface area contributed by atoms with E-state index >= 15 is 0 Å². The van der Waals surface area contributed by atoms with Crippen LogP contribution in [0.15, 0.2) is 92.3 Å². The molecule has 0 aliphatic rings. The first kappa shape index (κ1) is 21.9. The van der Waals surface area contributed by atoms with Gasteiger partial charge in [-0.1, -0.05) is 61.2 Å². The quantitative estimate of drug-likeness (QED) is 0.421. The highest BCUT2D eigenvalue weighted by Crippen LogP contribution is 2.11. The third kappa shape index (κ3) is 7.19. The maximum atomic E-state index is 11.9. The van der Waals surface area contributed by atoms with Gasteiger partial charge in [0.05, 0.1) is 6.33 Å². The number of hydrogen-bond acceptors (Lipinski definition) is 5. The molecule has 0 saturated carbocycles. The van der Waals surface area contributed by atoms with Crippen LogP contribution in [0.4, 0.5) is 4.79 Å². The van der Waals surface area contributed by atoms with Crippen LogP contribution in [0.3, 0.4) is 0 Å². The molecule has 0 spiro atoms. The summed E-state index contributed by atoms with van der Waals surface area (Å²) < 4.78 is 12.4. The Labute approximate surface area is 183 Å². The summed E-state index contributed by atoms with van der Waals surface area (Å²) in [6, 6.07) is 15.8. The summed E-state index contributed by atoms with van der Waals surface area (Å²) in [7, 11) is 0. The Bertz CT molecular complexity index is 978. The van der Waals surface area contributed by atoms with Gasteiger partial charge in [0.2, 0.25) is 0 Å². The van der Waals surface area contributed by atoms with Gasteiger partial charge in [-0.25, -0.2) is 9.78 Å². The zero-order valence-electron chi connectivity index (χ0n) is 17.7. The van der Waals surface area contributed by atoms with Gasteiger partial charge in [0.25, 0.3) is 0 Å². The molecule has 0 unspecified atom stereocenters. The summed E-state index contributed by atoms with van der Waals surface area (Å²) in [5.41, 5.74) is 4.10. The van der Waals surface area contributed by atoms with Gasteiger partial charge in [-0.3, -0.25) is 0 Å². The Hall–Kier alpha value is -3.80. The number of hydrogen-bond donors (Lipinski definition) is 0. The summed E-state index contributed by atoms with van der Waals surface area (Å²) in [6.45, 7) is 7.60. The summed E-state index contributed by atoms with van der Waals surface area (Å²) in [4.78, 5) is 17.9. The minimum Gasteiger partial charge on any atom is -0.429 e. The smallest absolute Gasteiger partial charge is 0.429 e. The van der Waals surface area contributed by atoms with Crippen LogP contribution >= 0.6 is 0 Å². The van der Waals surface area contributed by atoms with E-state index in [1.165, 1.54) is 0 Å². The molecule has 0 bridgehead atoms. The van der Waals surface area contributed by atoms with Crippen molar-refractivity contribution in [2.24, 2.45) is 0 Å². The Morgan fingerprint density at radius 3 is 2.10 bits per heavy atom. The molecule has 2 aromatic carbocycles. The van der Waals surface area contributed by atoms with Crippen LogP contribution in [0.5, 0.6) is 0 Å². The standard InChI is InChI=1S/C25H27N3O3/c1-3-14-27(4-2)16-21-5-9-23(10-6-21)18-30-25(29)31-19-24-11-7-22(8-12-24)17-28-15-13-26-20-28/h3-15,20H,2,16-19H2,1H3/b14-3-. The van der Waals surface area contributed by atoms with E-state index in [-0.39, 0.29) is 13.2 Å². The van der Waals surface area contributed by atoms with Crippen molar-refractivity contribution in [3.05, 3.63) is 115 Å². The van der Waals surface area contributed by atoms with Gasteiger partial charge in [-0.15, -0.1) is 0 Å². The van der Waals surface area contributed by atoms with E-state index < -0.39 is 6.16 Å². The zero-order chi connectivity index (χ0) is 21.9. The molecule has 0 amide bonds. The third-order valence-electron chi connectivity index (χ3n) is 4.62. The highest BCUT2D eigenvalue weighted by Gasteiger charge is 2.06. The molecule has 0 aliphatic carbocycles. The fourth-order valence-electron chi connectivity index (χ4n) is 2.98. The normalized spacial score (nSPS) is 10.7. The number of imidazole rings is 1. The maximum absolute atomic E-state index is 11.9. The lowest BCUT2D eigenvalue weighted by Crippen LogP contribution is -2.09. The Morgan fingerprint density at radius 1 is 1.00 bits per heavy atom. The Kier molecular flexibility index (Phi) is 8.05. The molecule has 160 valence electrons. The Balaban J connectivity index is 1.40. The van der Waals surface area contributed by atoms with E-state index in [1.54, 1.807) is 18.7 Å². The van der Waals surface area contributed by atoms with E-state index in [1.807, 2.05) is 83.4 Å². The molecule has 3 aromatic rings. The molecule has 0 saturated heterocycles. The highest BCUT2D eigenvalue weighted by atomic mass is 16.7. The minimum absolute atomic E-state index is 0.170. The largest absolute Gasteiger partial charge is 0.508 e. The molecule has 0 radical (unpaired) electrons. The monoisotopic (exact) mass is 417 g/mol. The fraction of sp³-hybridized carbons (Fsp3) is 0.200. The first-order chi connectivity index (χ1) is 15.2. The molecule has 0 N–H and O–H groups in total. The van der Waals surface area contributed by atoms with E-state index in [0.29, 0.717) is 0 Å². The molecule has 31 heavy (non-hydrogen) atoms. The lowest BCUT2D eigenvalue weighted by atomic mass is 10.1. The van der Waals surface area contributed by atoms with E-state index in [0.717, 1.165) is 35.3 Å². The number of ether oxygens (including phenoxy) is 2. The highest BCUT2D eigenvalue weighted by molar-refractivity contribution is 5.60. The van der Waals surface area contributed by atoms with Crippen molar-refractivity contribution in [1.29, 1.82) is 0 Å². The predicted molar refractivity (Wildman–Crippen MR) is 120 cm³/mol. The van der Waals surface area contributed by atoms with Crippen LogP contribution in [0.25, 0.3) is 0 Å². The van der Waals surface area contributed by atoms with Gasteiger partial charge in [0.1, 0.15) is 13.2 Å².